The van der Waals surface area contributed by atoms with Crippen LogP contribution in [0.2, 0.25) is 0 Å². The number of carbonyl (C=O) groups is 1. The van der Waals surface area contributed by atoms with E-state index >= 15 is 0 Å². The Labute approximate surface area is 188 Å². The van der Waals surface area contributed by atoms with E-state index in [-0.39, 0.29) is 11.7 Å². The van der Waals surface area contributed by atoms with Crippen LogP contribution in [0, 0.1) is 20.8 Å². The van der Waals surface area contributed by atoms with Gasteiger partial charge in [0.1, 0.15) is 5.76 Å². The highest BCUT2D eigenvalue weighted by Crippen LogP contribution is 2.28. The van der Waals surface area contributed by atoms with Crippen molar-refractivity contribution in [1.82, 2.24) is 19.7 Å². The van der Waals surface area contributed by atoms with Crippen molar-refractivity contribution in [1.29, 1.82) is 0 Å². The number of benzene rings is 1. The van der Waals surface area contributed by atoms with Gasteiger partial charge in [0.2, 0.25) is 5.91 Å². The molecule has 1 amide bonds. The van der Waals surface area contributed by atoms with Crippen molar-refractivity contribution >= 4 is 34.1 Å². The summed E-state index contributed by atoms with van der Waals surface area (Å²) in [6, 6.07) is 8.13. The van der Waals surface area contributed by atoms with E-state index in [4.69, 9.17) is 4.42 Å². The molecule has 160 valence electrons. The van der Waals surface area contributed by atoms with Crippen LogP contribution in [-0.4, -0.2) is 31.4 Å². The van der Waals surface area contributed by atoms with Gasteiger partial charge in [0.15, 0.2) is 16.1 Å². The molecule has 0 aliphatic heterocycles. The average Bonchev–Trinajstić information content (AvgIpc) is 3.48. The zero-order valence-corrected chi connectivity index (χ0v) is 19.4. The topological polar surface area (TPSA) is 85.8 Å². The first-order valence-corrected chi connectivity index (χ1v) is 11.8. The Kier molecular flexibility index (Phi) is 6.24. The Bertz CT molecular complexity index is 1220. The molecular formula is C22H23N5O2S2. The lowest BCUT2D eigenvalue weighted by atomic mass is 10.1. The lowest BCUT2D eigenvalue weighted by Crippen LogP contribution is -2.14. The number of carbonyl (C=O) groups excluding carboxylic acids is 1. The van der Waals surface area contributed by atoms with Crippen LogP contribution >= 0.6 is 23.1 Å². The molecular weight excluding hydrogens is 430 g/mol. The molecule has 0 aliphatic rings. The number of thioether (sulfide) groups is 1. The van der Waals surface area contributed by atoms with Gasteiger partial charge in [0.25, 0.3) is 0 Å². The second kappa shape index (κ2) is 9.07. The predicted molar refractivity (Wildman–Crippen MR) is 125 cm³/mol. The lowest BCUT2D eigenvalue weighted by molar-refractivity contribution is -0.113. The van der Waals surface area contributed by atoms with Gasteiger partial charge in [-0.15, -0.1) is 21.5 Å². The maximum absolute atomic E-state index is 12.5. The average molecular weight is 454 g/mol. The summed E-state index contributed by atoms with van der Waals surface area (Å²) < 4.78 is 7.36. The molecule has 9 heteroatoms. The van der Waals surface area contributed by atoms with E-state index in [9.17, 15) is 4.79 Å². The number of furan rings is 1. The number of aromatic nitrogens is 4. The van der Waals surface area contributed by atoms with E-state index in [0.717, 1.165) is 28.4 Å². The van der Waals surface area contributed by atoms with E-state index in [0.29, 0.717) is 16.8 Å². The third kappa shape index (κ3) is 4.57. The van der Waals surface area contributed by atoms with Gasteiger partial charge in [-0.2, -0.15) is 0 Å². The van der Waals surface area contributed by atoms with Crippen LogP contribution in [0.5, 0.6) is 0 Å². The summed E-state index contributed by atoms with van der Waals surface area (Å²) in [6.07, 6.45) is 1.64. The van der Waals surface area contributed by atoms with E-state index < -0.39 is 0 Å². The van der Waals surface area contributed by atoms with Crippen LogP contribution in [0.25, 0.3) is 22.6 Å². The molecule has 1 aromatic carbocycles. The van der Waals surface area contributed by atoms with Crippen molar-refractivity contribution in [3.63, 3.8) is 0 Å². The fourth-order valence-electron chi connectivity index (χ4n) is 3.15. The van der Waals surface area contributed by atoms with Gasteiger partial charge in [-0.3, -0.25) is 4.79 Å². The maximum atomic E-state index is 12.5. The maximum Gasteiger partial charge on any atom is 0.236 e. The van der Waals surface area contributed by atoms with Crippen molar-refractivity contribution < 1.29 is 9.21 Å². The zero-order chi connectivity index (χ0) is 22.0. The first kappa shape index (κ1) is 21.3. The highest BCUT2D eigenvalue weighted by molar-refractivity contribution is 7.99. The first-order chi connectivity index (χ1) is 15.0. The Balaban J connectivity index is 1.40. The van der Waals surface area contributed by atoms with Crippen molar-refractivity contribution in [2.75, 3.05) is 11.1 Å². The Hall–Kier alpha value is -2.91. The first-order valence-electron chi connectivity index (χ1n) is 9.89. The van der Waals surface area contributed by atoms with Crippen LogP contribution in [0.3, 0.4) is 0 Å². The van der Waals surface area contributed by atoms with E-state index in [1.54, 1.807) is 6.26 Å². The standard InChI is InChI=1S/C22H23N5O2S2/c1-5-27-20(17-8-9-29-15(17)4)25-26-22(27)31-12-19(28)24-21-23-18(11-30-21)16-7-6-13(2)14(3)10-16/h6-11H,5,12H2,1-4H3,(H,23,24,28). The number of hydrogen-bond acceptors (Lipinski definition) is 7. The number of anilines is 1. The molecule has 3 heterocycles. The molecule has 0 bridgehead atoms. The lowest BCUT2D eigenvalue weighted by Gasteiger charge is -2.06. The summed E-state index contributed by atoms with van der Waals surface area (Å²) in [5, 5.41) is 14.7. The molecule has 7 nitrogen and oxygen atoms in total. The fraction of sp³-hybridized carbons (Fsp3) is 0.273. The molecule has 4 rings (SSSR count). The zero-order valence-electron chi connectivity index (χ0n) is 17.8. The van der Waals surface area contributed by atoms with Crippen molar-refractivity contribution in [3.05, 3.63) is 52.8 Å². The summed E-state index contributed by atoms with van der Waals surface area (Å²) >= 11 is 2.77. The molecule has 1 N–H and O–H groups in total. The number of rotatable bonds is 7. The number of aryl methyl sites for hydroxylation is 3. The summed E-state index contributed by atoms with van der Waals surface area (Å²) in [7, 11) is 0. The summed E-state index contributed by atoms with van der Waals surface area (Å²) in [4.78, 5) is 17.0. The number of nitrogens with one attached hydrogen (secondary N) is 1. The molecule has 4 aromatic rings. The molecule has 0 spiro atoms. The molecule has 3 aromatic heterocycles. The molecule has 0 saturated carbocycles. The normalized spacial score (nSPS) is 11.1. The molecule has 0 saturated heterocycles. The van der Waals surface area contributed by atoms with Crippen LogP contribution in [0.15, 0.2) is 45.5 Å². The minimum absolute atomic E-state index is 0.127. The van der Waals surface area contributed by atoms with Gasteiger partial charge in [-0.25, -0.2) is 4.98 Å². The predicted octanol–water partition coefficient (Wildman–Crippen LogP) is 5.34. The van der Waals surface area contributed by atoms with Crippen molar-refractivity contribution in [2.24, 2.45) is 0 Å². The SMILES string of the molecule is CCn1c(SCC(=O)Nc2nc(-c3ccc(C)c(C)c3)cs2)nnc1-c1ccoc1C. The van der Waals surface area contributed by atoms with Gasteiger partial charge in [0.05, 0.1) is 23.3 Å². The molecule has 0 aliphatic carbocycles. The Morgan fingerprint density at radius 2 is 2.03 bits per heavy atom. The highest BCUT2D eigenvalue weighted by atomic mass is 32.2. The highest BCUT2D eigenvalue weighted by Gasteiger charge is 2.17. The van der Waals surface area contributed by atoms with E-state index in [1.165, 1.54) is 34.2 Å². The van der Waals surface area contributed by atoms with E-state index in [1.807, 2.05) is 29.9 Å². The molecule has 0 fully saturated rings. The summed E-state index contributed by atoms with van der Waals surface area (Å²) in [6.45, 7) is 8.78. The number of thiazole rings is 1. The third-order valence-electron chi connectivity index (χ3n) is 5.02. The summed E-state index contributed by atoms with van der Waals surface area (Å²) in [5.74, 6) is 1.63. The third-order valence-corrected chi connectivity index (χ3v) is 6.74. The van der Waals surface area contributed by atoms with Crippen molar-refractivity contribution in [3.8, 4) is 22.6 Å². The monoisotopic (exact) mass is 453 g/mol. The van der Waals surface area contributed by atoms with Gasteiger partial charge in [0, 0.05) is 17.5 Å². The Morgan fingerprint density at radius 1 is 1.19 bits per heavy atom. The van der Waals surface area contributed by atoms with Crippen molar-refractivity contribution in [2.45, 2.75) is 39.4 Å². The van der Waals surface area contributed by atoms with Gasteiger partial charge >= 0.3 is 0 Å². The van der Waals surface area contributed by atoms with Crippen LogP contribution in [0.1, 0.15) is 23.8 Å². The van der Waals surface area contributed by atoms with E-state index in [2.05, 4.69) is 52.5 Å². The van der Waals surface area contributed by atoms with Gasteiger partial charge in [-0.05, 0) is 51.0 Å². The number of amides is 1. The van der Waals surface area contributed by atoms with Gasteiger partial charge in [-0.1, -0.05) is 23.9 Å². The second-order valence-electron chi connectivity index (χ2n) is 7.11. The molecule has 31 heavy (non-hydrogen) atoms. The van der Waals surface area contributed by atoms with Crippen LogP contribution in [-0.2, 0) is 11.3 Å². The molecule has 0 unspecified atom stereocenters. The fourth-order valence-corrected chi connectivity index (χ4v) is 4.68. The summed E-state index contributed by atoms with van der Waals surface area (Å²) in [5.41, 5.74) is 5.29. The number of hydrogen-bond donors (Lipinski definition) is 1. The molecule has 0 atom stereocenters. The Morgan fingerprint density at radius 3 is 2.74 bits per heavy atom. The molecule has 0 radical (unpaired) electrons. The second-order valence-corrected chi connectivity index (χ2v) is 8.92. The minimum Gasteiger partial charge on any atom is -0.469 e. The van der Waals surface area contributed by atoms with Crippen LogP contribution < -0.4 is 5.32 Å². The minimum atomic E-state index is -0.127. The van der Waals surface area contributed by atoms with Crippen LogP contribution in [0.4, 0.5) is 5.13 Å². The van der Waals surface area contributed by atoms with Gasteiger partial charge < -0.3 is 14.3 Å². The number of nitrogens with zero attached hydrogens (tertiary/aromatic N) is 4. The quantitative estimate of drug-likeness (QED) is 0.380. The smallest absolute Gasteiger partial charge is 0.236 e. The largest absolute Gasteiger partial charge is 0.469 e.